The molecule has 0 saturated carbocycles. The van der Waals surface area contributed by atoms with Crippen LogP contribution < -0.4 is 11.5 Å². The minimum absolute atomic E-state index is 0.331. The molecule has 4 nitrogen and oxygen atoms in total. The van der Waals surface area contributed by atoms with Crippen LogP contribution in [0, 0.1) is 0 Å². The Morgan fingerprint density at radius 1 is 0.250 bits per heavy atom. The molecule has 0 atom stereocenters. The van der Waals surface area contributed by atoms with Crippen molar-refractivity contribution in [3.8, 4) is 0 Å². The number of hydrogen-bond acceptors (Lipinski definition) is 2. The lowest BCUT2D eigenvalue weighted by Gasteiger charge is -2.05. The predicted molar refractivity (Wildman–Crippen MR) is 212 cm³/mol. The van der Waals surface area contributed by atoms with Gasteiger partial charge >= 0.3 is 0 Å². The Balaban J connectivity index is 3.08. The van der Waals surface area contributed by atoms with Gasteiger partial charge in [-0.2, -0.15) is 0 Å². The van der Waals surface area contributed by atoms with E-state index in [4.69, 9.17) is 11.5 Å². The maximum atomic E-state index is 10.6. The summed E-state index contributed by atoms with van der Waals surface area (Å²) >= 11 is 0. The summed E-state index contributed by atoms with van der Waals surface area (Å²) in [6, 6.07) is 0. The quantitative estimate of drug-likeness (QED) is 0.0500. The molecule has 2 amide bonds. The molecule has 48 heavy (non-hydrogen) atoms. The Labute approximate surface area is 300 Å². The third-order valence-corrected chi connectivity index (χ3v) is 10.1. The Morgan fingerprint density at radius 2 is 0.375 bits per heavy atom. The van der Waals surface area contributed by atoms with Crippen LogP contribution in [0.25, 0.3) is 0 Å². The lowest BCUT2D eigenvalue weighted by atomic mass is 10.0. The van der Waals surface area contributed by atoms with E-state index < -0.39 is 0 Å². The summed E-state index contributed by atoms with van der Waals surface area (Å²) in [4.78, 5) is 21.3. The molecular formula is C44H84N2O2. The first-order chi connectivity index (χ1) is 23.6. The third kappa shape index (κ3) is 44.4. The van der Waals surface area contributed by atoms with Gasteiger partial charge in [-0.15, -0.1) is 0 Å². The van der Waals surface area contributed by atoms with Gasteiger partial charge in [-0.3, -0.25) is 9.59 Å². The number of amides is 2. The van der Waals surface area contributed by atoms with E-state index >= 15 is 0 Å². The molecule has 282 valence electrons. The molecule has 4 heteroatoms. The van der Waals surface area contributed by atoms with Crippen LogP contribution >= 0.6 is 0 Å². The standard InChI is InChI=1S/C44H84N2O2/c45-43(47)41-39-37-35-33-31-29-27-25-23-21-19-17-15-13-11-9-7-5-3-1-2-4-6-8-10-12-14-16-18-20-22-24-26-28-30-32-34-36-38-40-42-44(46)48/h39-42H,1-38H2,(H2,45,47)(H2,46,48). The molecule has 0 aromatic carbocycles. The average Bonchev–Trinajstić information content (AvgIpc) is 3.06. The smallest absolute Gasteiger partial charge is 0.241 e. The van der Waals surface area contributed by atoms with Gasteiger partial charge in [-0.1, -0.05) is 230 Å². The van der Waals surface area contributed by atoms with Gasteiger partial charge < -0.3 is 11.5 Å². The summed E-state index contributed by atoms with van der Waals surface area (Å²) in [5.74, 6) is -0.662. The highest BCUT2D eigenvalue weighted by atomic mass is 16.1. The second-order valence-corrected chi connectivity index (χ2v) is 14.9. The van der Waals surface area contributed by atoms with Gasteiger partial charge in [-0.25, -0.2) is 0 Å². The first-order valence-electron chi connectivity index (χ1n) is 21.5. The lowest BCUT2D eigenvalue weighted by molar-refractivity contribution is -0.114. The van der Waals surface area contributed by atoms with Gasteiger partial charge in [0.25, 0.3) is 0 Å². The van der Waals surface area contributed by atoms with Crippen molar-refractivity contribution in [3.05, 3.63) is 24.3 Å². The van der Waals surface area contributed by atoms with Crippen molar-refractivity contribution >= 4 is 11.8 Å². The van der Waals surface area contributed by atoms with Crippen LogP contribution in [0.3, 0.4) is 0 Å². The second kappa shape index (κ2) is 41.6. The fourth-order valence-electron chi connectivity index (χ4n) is 6.93. The normalized spacial score (nSPS) is 11.8. The molecule has 0 rings (SSSR count). The van der Waals surface area contributed by atoms with E-state index in [1.54, 1.807) is 0 Å². The number of rotatable bonds is 41. The highest BCUT2D eigenvalue weighted by Gasteiger charge is 1.98. The Bertz CT molecular complexity index is 657. The van der Waals surface area contributed by atoms with Crippen molar-refractivity contribution in [1.29, 1.82) is 0 Å². The van der Waals surface area contributed by atoms with E-state index in [2.05, 4.69) is 0 Å². The summed E-state index contributed by atoms with van der Waals surface area (Å²) in [6.45, 7) is 0. The van der Waals surface area contributed by atoms with Crippen molar-refractivity contribution < 1.29 is 9.59 Å². The SMILES string of the molecule is NC(=O)C=CCCCCCCCCCCCCCCCCCCCCCCCCCCCCCCCCCCCCCCC=CC(N)=O. The minimum Gasteiger partial charge on any atom is -0.366 e. The number of carbonyl (C=O) groups is 2. The Kier molecular flexibility index (Phi) is 40.2. The van der Waals surface area contributed by atoms with Gasteiger partial charge in [0, 0.05) is 0 Å². The van der Waals surface area contributed by atoms with Crippen molar-refractivity contribution in [2.24, 2.45) is 11.5 Å². The average molecular weight is 673 g/mol. The van der Waals surface area contributed by atoms with Crippen LogP contribution in [-0.4, -0.2) is 11.8 Å². The predicted octanol–water partition coefficient (Wildman–Crippen LogP) is 13.9. The minimum atomic E-state index is -0.331. The molecule has 0 heterocycles. The third-order valence-electron chi connectivity index (χ3n) is 10.1. The topological polar surface area (TPSA) is 86.2 Å². The molecule has 4 N–H and O–H groups in total. The summed E-state index contributed by atoms with van der Waals surface area (Å²) in [7, 11) is 0. The second-order valence-electron chi connectivity index (χ2n) is 14.9. The Morgan fingerprint density at radius 3 is 0.500 bits per heavy atom. The number of primary amides is 2. The van der Waals surface area contributed by atoms with Crippen LogP contribution in [0.5, 0.6) is 0 Å². The zero-order valence-corrected chi connectivity index (χ0v) is 32.2. The molecule has 0 fully saturated rings. The molecule has 0 aliphatic heterocycles. The van der Waals surface area contributed by atoms with Gasteiger partial charge in [0.15, 0.2) is 0 Å². The number of carbonyl (C=O) groups excluding carboxylic acids is 2. The first kappa shape index (κ1) is 46.4. The lowest BCUT2D eigenvalue weighted by Crippen LogP contribution is -2.05. The van der Waals surface area contributed by atoms with E-state index in [-0.39, 0.29) is 11.8 Å². The van der Waals surface area contributed by atoms with Crippen LogP contribution in [0.2, 0.25) is 0 Å². The summed E-state index contributed by atoms with van der Waals surface area (Å²) in [6.07, 6.45) is 59.5. The van der Waals surface area contributed by atoms with Crippen molar-refractivity contribution in [1.82, 2.24) is 0 Å². The highest BCUT2D eigenvalue weighted by Crippen LogP contribution is 2.17. The molecular weight excluding hydrogens is 588 g/mol. The van der Waals surface area contributed by atoms with E-state index in [1.807, 2.05) is 12.2 Å². The molecule has 0 aromatic heterocycles. The fraction of sp³-hybridized carbons (Fsp3) is 0.864. The maximum Gasteiger partial charge on any atom is 0.241 e. The van der Waals surface area contributed by atoms with Crippen LogP contribution in [-0.2, 0) is 9.59 Å². The zero-order chi connectivity index (χ0) is 34.9. The molecule has 0 spiro atoms. The fourth-order valence-corrected chi connectivity index (χ4v) is 6.93. The number of unbranched alkanes of at least 4 members (excludes halogenated alkanes) is 37. The number of allylic oxidation sites excluding steroid dienone is 2. The molecule has 0 bridgehead atoms. The van der Waals surface area contributed by atoms with Crippen molar-refractivity contribution in [2.75, 3.05) is 0 Å². The molecule has 0 radical (unpaired) electrons. The van der Waals surface area contributed by atoms with Gasteiger partial charge in [0.1, 0.15) is 0 Å². The van der Waals surface area contributed by atoms with E-state index in [0.29, 0.717) is 0 Å². The number of nitrogens with two attached hydrogens (primary N) is 2. The van der Waals surface area contributed by atoms with Crippen molar-refractivity contribution in [2.45, 2.75) is 244 Å². The monoisotopic (exact) mass is 673 g/mol. The molecule has 0 aromatic rings. The first-order valence-corrected chi connectivity index (χ1v) is 21.5. The largest absolute Gasteiger partial charge is 0.366 e. The zero-order valence-electron chi connectivity index (χ0n) is 32.2. The van der Waals surface area contributed by atoms with Crippen LogP contribution in [0.4, 0.5) is 0 Å². The van der Waals surface area contributed by atoms with E-state index in [9.17, 15) is 9.59 Å². The molecule has 0 unspecified atom stereocenters. The maximum absolute atomic E-state index is 10.6. The van der Waals surface area contributed by atoms with E-state index in [1.165, 1.54) is 243 Å². The van der Waals surface area contributed by atoms with Crippen LogP contribution in [0.1, 0.15) is 244 Å². The Hall–Kier alpha value is -1.58. The highest BCUT2D eigenvalue weighted by molar-refractivity contribution is 5.85. The molecule has 0 aliphatic carbocycles. The van der Waals surface area contributed by atoms with Crippen molar-refractivity contribution in [3.63, 3.8) is 0 Å². The summed E-state index contributed by atoms with van der Waals surface area (Å²) < 4.78 is 0. The van der Waals surface area contributed by atoms with Gasteiger partial charge in [0.2, 0.25) is 11.8 Å². The van der Waals surface area contributed by atoms with Gasteiger partial charge in [0.05, 0.1) is 0 Å². The van der Waals surface area contributed by atoms with E-state index in [0.717, 1.165) is 12.8 Å². The molecule has 0 saturated heterocycles. The van der Waals surface area contributed by atoms with Crippen LogP contribution in [0.15, 0.2) is 24.3 Å². The summed E-state index contributed by atoms with van der Waals surface area (Å²) in [5, 5.41) is 0. The van der Waals surface area contributed by atoms with Gasteiger partial charge in [-0.05, 0) is 37.8 Å². The molecule has 0 aliphatic rings. The number of hydrogen-bond donors (Lipinski definition) is 2. The summed E-state index contributed by atoms with van der Waals surface area (Å²) in [5.41, 5.74) is 10.2.